The van der Waals surface area contributed by atoms with Gasteiger partial charge in [-0.3, -0.25) is 4.90 Å². The second-order valence-electron chi connectivity index (χ2n) is 7.76. The van der Waals surface area contributed by atoms with Gasteiger partial charge in [0.15, 0.2) is 9.84 Å². The second kappa shape index (κ2) is 8.95. The van der Waals surface area contributed by atoms with Crippen molar-refractivity contribution in [2.45, 2.75) is 17.9 Å². The zero-order valence-corrected chi connectivity index (χ0v) is 17.5. The first kappa shape index (κ1) is 21.3. The number of aliphatic hydroxyl groups is 1. The fraction of sp³-hybridized carbons (Fsp3) is 0.409. The van der Waals surface area contributed by atoms with Crippen molar-refractivity contribution in [3.8, 4) is 11.8 Å². The molecule has 0 aromatic heterocycles. The van der Waals surface area contributed by atoms with E-state index in [9.17, 15) is 13.5 Å². The van der Waals surface area contributed by atoms with Gasteiger partial charge in [0.2, 0.25) is 0 Å². The first-order valence-electron chi connectivity index (χ1n) is 9.59. The topological polar surface area (TPSA) is 90.6 Å². The number of aliphatic hydroxyl groups excluding tert-OH is 1. The molecule has 0 saturated carbocycles. The zero-order chi connectivity index (χ0) is 21.0. The van der Waals surface area contributed by atoms with E-state index in [-0.39, 0.29) is 4.90 Å². The van der Waals surface area contributed by atoms with Crippen LogP contribution in [0.1, 0.15) is 24.2 Å². The van der Waals surface area contributed by atoms with Crippen LogP contribution in [0.3, 0.4) is 0 Å². The van der Waals surface area contributed by atoms with Crippen molar-refractivity contribution in [1.29, 1.82) is 5.26 Å². The Morgan fingerprint density at radius 3 is 2.62 bits per heavy atom. The van der Waals surface area contributed by atoms with Crippen molar-refractivity contribution < 1.29 is 18.3 Å². The molecule has 0 aliphatic carbocycles. The number of benzene rings is 2. The molecule has 1 heterocycles. The third-order valence-electron chi connectivity index (χ3n) is 5.39. The van der Waals surface area contributed by atoms with Crippen LogP contribution in [0.15, 0.2) is 53.4 Å². The maximum Gasteiger partial charge on any atom is 0.175 e. The largest absolute Gasteiger partial charge is 0.493 e. The molecule has 1 N–H and O–H groups in total. The monoisotopic (exact) mass is 414 g/mol. The highest BCUT2D eigenvalue weighted by molar-refractivity contribution is 7.90. The number of rotatable bonds is 7. The lowest BCUT2D eigenvalue weighted by atomic mass is 9.99. The molecule has 2 aromatic carbocycles. The summed E-state index contributed by atoms with van der Waals surface area (Å²) in [6, 6.07) is 15.7. The Morgan fingerprint density at radius 1 is 1.24 bits per heavy atom. The summed E-state index contributed by atoms with van der Waals surface area (Å²) in [5.41, 5.74) is 1.30. The molecule has 0 radical (unpaired) electrons. The maximum absolute atomic E-state index is 11.5. The first-order chi connectivity index (χ1) is 13.8. The van der Waals surface area contributed by atoms with Crippen molar-refractivity contribution in [3.05, 3.63) is 59.7 Å². The number of nitrogens with zero attached hydrogens (tertiary/aromatic N) is 2. The van der Waals surface area contributed by atoms with Gasteiger partial charge in [-0.25, -0.2) is 8.42 Å². The van der Waals surface area contributed by atoms with Crippen LogP contribution in [-0.4, -0.2) is 50.9 Å². The van der Waals surface area contributed by atoms with E-state index < -0.39 is 15.9 Å². The van der Waals surface area contributed by atoms with Crippen molar-refractivity contribution in [3.63, 3.8) is 0 Å². The number of β-amino-alcohol motifs (C(OH)–C–C–N with tert-alkyl or cyclic N) is 1. The van der Waals surface area contributed by atoms with Gasteiger partial charge in [-0.1, -0.05) is 19.1 Å². The van der Waals surface area contributed by atoms with Gasteiger partial charge >= 0.3 is 0 Å². The molecule has 1 aliphatic rings. The van der Waals surface area contributed by atoms with Gasteiger partial charge in [-0.15, -0.1) is 0 Å². The highest BCUT2D eigenvalue weighted by Gasteiger charge is 2.31. The second-order valence-corrected chi connectivity index (χ2v) is 9.78. The van der Waals surface area contributed by atoms with Crippen LogP contribution >= 0.6 is 0 Å². The highest BCUT2D eigenvalue weighted by Crippen LogP contribution is 2.27. The fourth-order valence-corrected chi connectivity index (χ4v) is 4.29. The molecular weight excluding hydrogens is 388 g/mol. The van der Waals surface area contributed by atoms with Crippen LogP contribution in [0.4, 0.5) is 0 Å². The van der Waals surface area contributed by atoms with Crippen LogP contribution in [0, 0.1) is 23.2 Å². The molecule has 1 aliphatic heterocycles. The van der Waals surface area contributed by atoms with Gasteiger partial charge in [-0.05, 0) is 47.9 Å². The van der Waals surface area contributed by atoms with Crippen molar-refractivity contribution in [2.75, 3.05) is 32.5 Å². The minimum atomic E-state index is -3.21. The third kappa shape index (κ3) is 5.57. The standard InChI is InChI=1S/C22H26N2O4S/c1-16-12-24(14-22(25)18-5-3-4-17(10-18)11-23)13-19(16)15-28-20-6-8-21(9-7-20)29(2,26)27/h3-10,16,19,22,25H,12-15H2,1-2H3/t16-,19+,22?/m1/s1. The average molecular weight is 415 g/mol. The van der Waals surface area contributed by atoms with Crippen LogP contribution < -0.4 is 4.74 Å². The summed E-state index contributed by atoms with van der Waals surface area (Å²) in [5, 5.41) is 19.6. The molecule has 1 unspecified atom stereocenters. The minimum absolute atomic E-state index is 0.278. The molecule has 0 amide bonds. The maximum atomic E-state index is 11.5. The van der Waals surface area contributed by atoms with E-state index in [1.54, 1.807) is 42.5 Å². The third-order valence-corrected chi connectivity index (χ3v) is 6.52. The Labute approximate surface area is 172 Å². The molecule has 3 atom stereocenters. The summed E-state index contributed by atoms with van der Waals surface area (Å²) in [5.74, 6) is 1.39. The molecule has 0 spiro atoms. The van der Waals surface area contributed by atoms with Gasteiger partial charge in [0.1, 0.15) is 5.75 Å². The molecule has 154 valence electrons. The average Bonchev–Trinajstić information content (AvgIpc) is 3.05. The number of hydrogen-bond acceptors (Lipinski definition) is 6. The summed E-state index contributed by atoms with van der Waals surface area (Å²) in [4.78, 5) is 2.49. The molecule has 1 saturated heterocycles. The van der Waals surface area contributed by atoms with Gasteiger partial charge in [0.05, 0.1) is 29.2 Å². The molecule has 7 heteroatoms. The molecule has 6 nitrogen and oxygen atoms in total. The fourth-order valence-electron chi connectivity index (χ4n) is 3.66. The predicted molar refractivity (Wildman–Crippen MR) is 110 cm³/mol. The van der Waals surface area contributed by atoms with Crippen molar-refractivity contribution in [2.24, 2.45) is 11.8 Å². The normalized spacial score (nSPS) is 20.9. The van der Waals surface area contributed by atoms with Crippen LogP contribution in [-0.2, 0) is 9.84 Å². The Morgan fingerprint density at radius 2 is 1.97 bits per heavy atom. The summed E-state index contributed by atoms with van der Waals surface area (Å²) in [6.45, 7) is 4.91. The SMILES string of the molecule is C[C@@H]1CN(CC(O)c2cccc(C#N)c2)C[C@H]1COc1ccc(S(C)(=O)=O)cc1. The Bertz CT molecular complexity index is 983. The lowest BCUT2D eigenvalue weighted by Crippen LogP contribution is -2.27. The Balaban J connectivity index is 1.53. The van der Waals surface area contributed by atoms with Crippen LogP contribution in [0.5, 0.6) is 5.75 Å². The molecule has 1 fully saturated rings. The van der Waals surface area contributed by atoms with E-state index in [1.807, 2.05) is 6.07 Å². The predicted octanol–water partition coefficient (Wildman–Crippen LogP) is 2.64. The first-order valence-corrected chi connectivity index (χ1v) is 11.5. The summed E-state index contributed by atoms with van der Waals surface area (Å²) in [7, 11) is -3.21. The van der Waals surface area contributed by atoms with Crippen LogP contribution in [0.25, 0.3) is 0 Å². The highest BCUT2D eigenvalue weighted by atomic mass is 32.2. The Kier molecular flexibility index (Phi) is 6.58. The van der Waals surface area contributed by atoms with Gasteiger partial charge < -0.3 is 9.84 Å². The molecule has 2 aromatic rings. The van der Waals surface area contributed by atoms with Crippen molar-refractivity contribution in [1.82, 2.24) is 4.90 Å². The van der Waals surface area contributed by atoms with E-state index in [2.05, 4.69) is 17.9 Å². The van der Waals surface area contributed by atoms with E-state index in [1.165, 1.54) is 6.26 Å². The lowest BCUT2D eigenvalue weighted by molar-refractivity contribution is 0.121. The lowest BCUT2D eigenvalue weighted by Gasteiger charge is -2.20. The van der Waals surface area contributed by atoms with E-state index in [4.69, 9.17) is 10.00 Å². The molecule has 3 rings (SSSR count). The summed E-state index contributed by atoms with van der Waals surface area (Å²) in [6.07, 6.45) is 0.543. The molecular formula is C22H26N2O4S. The van der Waals surface area contributed by atoms with Gasteiger partial charge in [0.25, 0.3) is 0 Å². The smallest absolute Gasteiger partial charge is 0.175 e. The number of ether oxygens (including phenoxy) is 1. The summed E-state index contributed by atoms with van der Waals surface area (Å²) >= 11 is 0. The zero-order valence-electron chi connectivity index (χ0n) is 16.7. The summed E-state index contributed by atoms with van der Waals surface area (Å²) < 4.78 is 28.9. The van der Waals surface area contributed by atoms with Crippen LogP contribution in [0.2, 0.25) is 0 Å². The number of hydrogen-bond donors (Lipinski definition) is 1. The number of likely N-dealkylation sites (tertiary alicyclic amines) is 1. The van der Waals surface area contributed by atoms with E-state index >= 15 is 0 Å². The minimum Gasteiger partial charge on any atom is -0.493 e. The number of nitriles is 1. The molecule has 0 bridgehead atoms. The van der Waals surface area contributed by atoms with Gasteiger partial charge in [-0.2, -0.15) is 5.26 Å². The van der Waals surface area contributed by atoms with E-state index in [0.29, 0.717) is 36.3 Å². The van der Waals surface area contributed by atoms with E-state index in [0.717, 1.165) is 18.7 Å². The van der Waals surface area contributed by atoms with Gasteiger partial charge in [0, 0.05) is 31.8 Å². The quantitative estimate of drug-likeness (QED) is 0.749. The van der Waals surface area contributed by atoms with Crippen molar-refractivity contribution >= 4 is 9.84 Å². The number of sulfone groups is 1. The Hall–Kier alpha value is -2.40. The molecule has 29 heavy (non-hydrogen) atoms.